The minimum absolute atomic E-state index is 0.144. The topological polar surface area (TPSA) is 44.1 Å². The van der Waals surface area contributed by atoms with Crippen molar-refractivity contribution in [3.63, 3.8) is 0 Å². The second kappa shape index (κ2) is 5.48. The van der Waals surface area contributed by atoms with E-state index < -0.39 is 0 Å². The van der Waals surface area contributed by atoms with Crippen LogP contribution < -0.4 is 0 Å². The van der Waals surface area contributed by atoms with Gasteiger partial charge < -0.3 is 4.90 Å². The Morgan fingerprint density at radius 1 is 1.53 bits per heavy atom. The molecule has 3 nitrogen and oxygen atoms in total. The van der Waals surface area contributed by atoms with Crippen LogP contribution in [0, 0.1) is 11.3 Å². The molecule has 17 heavy (non-hydrogen) atoms. The Morgan fingerprint density at radius 2 is 2.24 bits per heavy atom. The average molecular weight is 311 g/mol. The third kappa shape index (κ3) is 2.96. The molecule has 0 aliphatic carbocycles. The lowest BCUT2D eigenvalue weighted by Gasteiger charge is -2.13. The molecule has 0 radical (unpaired) electrons. The van der Waals surface area contributed by atoms with Crippen LogP contribution in [-0.4, -0.2) is 23.9 Å². The quantitative estimate of drug-likeness (QED) is 0.622. The Bertz CT molecular complexity index is 495. The van der Waals surface area contributed by atoms with E-state index in [0.29, 0.717) is 0 Å². The van der Waals surface area contributed by atoms with Crippen molar-refractivity contribution >= 4 is 39.2 Å². The minimum atomic E-state index is -0.144. The normalized spacial score (nSPS) is 16.0. The van der Waals surface area contributed by atoms with Crippen molar-refractivity contribution in [1.29, 1.82) is 5.26 Å². The molecule has 0 saturated carbocycles. The highest BCUT2D eigenvalue weighted by Gasteiger charge is 2.21. The molecule has 1 aromatic rings. The maximum atomic E-state index is 12.0. The Kier molecular flexibility index (Phi) is 3.97. The summed E-state index contributed by atoms with van der Waals surface area (Å²) in [7, 11) is 0. The lowest BCUT2D eigenvalue weighted by molar-refractivity contribution is -0.125. The SMILES string of the molecule is N#C/C(=C\c1cc(Br)cs1)C(=O)N1CCCC1. The summed E-state index contributed by atoms with van der Waals surface area (Å²) in [6.45, 7) is 1.54. The molecular weight excluding hydrogens is 300 g/mol. The van der Waals surface area contributed by atoms with E-state index >= 15 is 0 Å². The van der Waals surface area contributed by atoms with Gasteiger partial charge >= 0.3 is 0 Å². The molecule has 0 bridgehead atoms. The standard InChI is InChI=1S/C12H11BrN2OS/c13-10-6-11(17-8-10)5-9(7-14)12(16)15-3-1-2-4-15/h5-6,8H,1-4H2/b9-5+. The van der Waals surface area contributed by atoms with Gasteiger partial charge in [0.05, 0.1) is 0 Å². The lowest BCUT2D eigenvalue weighted by atomic mass is 10.2. The zero-order chi connectivity index (χ0) is 12.3. The Hall–Kier alpha value is -1.12. The predicted molar refractivity (Wildman–Crippen MR) is 71.4 cm³/mol. The average Bonchev–Trinajstić information content (AvgIpc) is 2.96. The van der Waals surface area contributed by atoms with Gasteiger partial charge in [-0.15, -0.1) is 11.3 Å². The fourth-order valence-electron chi connectivity index (χ4n) is 1.78. The van der Waals surface area contributed by atoms with E-state index in [-0.39, 0.29) is 11.5 Å². The summed E-state index contributed by atoms with van der Waals surface area (Å²) >= 11 is 4.86. The summed E-state index contributed by atoms with van der Waals surface area (Å²) in [4.78, 5) is 14.7. The second-order valence-corrected chi connectivity index (χ2v) is 5.69. The van der Waals surface area contributed by atoms with Crippen molar-refractivity contribution in [1.82, 2.24) is 4.90 Å². The van der Waals surface area contributed by atoms with E-state index in [2.05, 4.69) is 15.9 Å². The van der Waals surface area contributed by atoms with Crippen molar-refractivity contribution in [2.75, 3.05) is 13.1 Å². The van der Waals surface area contributed by atoms with Gasteiger partial charge in [-0.25, -0.2) is 0 Å². The number of amides is 1. The van der Waals surface area contributed by atoms with Gasteiger partial charge in [0.15, 0.2) is 0 Å². The fraction of sp³-hybridized carbons (Fsp3) is 0.333. The first-order chi connectivity index (χ1) is 8.20. The molecule has 1 aromatic heterocycles. The first-order valence-corrected chi connectivity index (χ1v) is 7.03. The van der Waals surface area contributed by atoms with Crippen LogP contribution in [0.1, 0.15) is 17.7 Å². The first kappa shape index (κ1) is 12.3. The first-order valence-electron chi connectivity index (χ1n) is 5.36. The highest BCUT2D eigenvalue weighted by molar-refractivity contribution is 9.10. The van der Waals surface area contributed by atoms with Crippen molar-refractivity contribution in [2.45, 2.75) is 12.8 Å². The van der Waals surface area contributed by atoms with Gasteiger partial charge in [-0.2, -0.15) is 5.26 Å². The number of likely N-dealkylation sites (tertiary alicyclic amines) is 1. The van der Waals surface area contributed by atoms with E-state index in [9.17, 15) is 4.79 Å². The number of carbonyl (C=O) groups is 1. The van der Waals surface area contributed by atoms with Gasteiger partial charge in [0, 0.05) is 27.8 Å². The molecule has 1 fully saturated rings. The molecule has 5 heteroatoms. The molecule has 0 N–H and O–H groups in total. The van der Waals surface area contributed by atoms with E-state index in [1.165, 1.54) is 11.3 Å². The van der Waals surface area contributed by atoms with Gasteiger partial charge in [0.25, 0.3) is 5.91 Å². The number of rotatable bonds is 2. The van der Waals surface area contributed by atoms with Crippen LogP contribution in [0.5, 0.6) is 0 Å². The predicted octanol–water partition coefficient (Wildman–Crippen LogP) is 3.04. The molecule has 0 atom stereocenters. The van der Waals surface area contributed by atoms with Gasteiger partial charge in [0.2, 0.25) is 0 Å². The number of nitriles is 1. The number of halogens is 1. The molecule has 0 unspecified atom stereocenters. The van der Waals surface area contributed by atoms with E-state index in [4.69, 9.17) is 5.26 Å². The van der Waals surface area contributed by atoms with Gasteiger partial charge in [-0.05, 0) is 40.9 Å². The molecule has 2 heterocycles. The third-order valence-corrected chi connectivity index (χ3v) is 4.26. The van der Waals surface area contributed by atoms with E-state index in [1.807, 2.05) is 17.5 Å². The summed E-state index contributed by atoms with van der Waals surface area (Å²) in [5, 5.41) is 11.0. The number of carbonyl (C=O) groups excluding carboxylic acids is 1. The van der Waals surface area contributed by atoms with Crippen LogP contribution in [0.15, 0.2) is 21.5 Å². The molecule has 1 aliphatic rings. The van der Waals surface area contributed by atoms with Crippen molar-refractivity contribution in [3.05, 3.63) is 26.4 Å². The van der Waals surface area contributed by atoms with Crippen molar-refractivity contribution in [3.8, 4) is 6.07 Å². The van der Waals surface area contributed by atoms with Gasteiger partial charge in [0.1, 0.15) is 11.6 Å². The molecule has 2 rings (SSSR count). The monoisotopic (exact) mass is 310 g/mol. The molecular formula is C12H11BrN2OS. The zero-order valence-corrected chi connectivity index (χ0v) is 11.6. The fourth-order valence-corrected chi connectivity index (χ4v) is 3.15. The van der Waals surface area contributed by atoms with E-state index in [0.717, 1.165) is 35.3 Å². The molecule has 88 valence electrons. The summed E-state index contributed by atoms with van der Waals surface area (Å²) in [6.07, 6.45) is 3.74. The van der Waals surface area contributed by atoms with Crippen molar-refractivity contribution < 1.29 is 4.79 Å². The van der Waals surface area contributed by atoms with Crippen LogP contribution in [0.2, 0.25) is 0 Å². The smallest absolute Gasteiger partial charge is 0.264 e. The van der Waals surface area contributed by atoms with Crippen LogP contribution in [-0.2, 0) is 4.79 Å². The zero-order valence-electron chi connectivity index (χ0n) is 9.15. The van der Waals surface area contributed by atoms with Crippen molar-refractivity contribution in [2.24, 2.45) is 0 Å². The highest BCUT2D eigenvalue weighted by atomic mass is 79.9. The van der Waals surface area contributed by atoms with E-state index in [1.54, 1.807) is 11.0 Å². The van der Waals surface area contributed by atoms with Gasteiger partial charge in [-0.1, -0.05) is 0 Å². The number of hydrogen-bond donors (Lipinski definition) is 0. The third-order valence-electron chi connectivity index (χ3n) is 2.62. The van der Waals surface area contributed by atoms with Crippen LogP contribution >= 0.6 is 27.3 Å². The Labute approximate surface area is 112 Å². The molecule has 1 amide bonds. The van der Waals surface area contributed by atoms with Crippen LogP contribution in [0.4, 0.5) is 0 Å². The van der Waals surface area contributed by atoms with Crippen LogP contribution in [0.25, 0.3) is 6.08 Å². The Balaban J connectivity index is 2.18. The van der Waals surface area contributed by atoms with Crippen LogP contribution in [0.3, 0.4) is 0 Å². The number of nitrogens with zero attached hydrogens (tertiary/aromatic N) is 2. The largest absolute Gasteiger partial charge is 0.338 e. The lowest BCUT2D eigenvalue weighted by Crippen LogP contribution is -2.28. The molecule has 0 spiro atoms. The number of thiophene rings is 1. The number of hydrogen-bond acceptors (Lipinski definition) is 3. The molecule has 1 saturated heterocycles. The molecule has 1 aliphatic heterocycles. The summed E-state index contributed by atoms with van der Waals surface area (Å²) in [5.74, 6) is -0.144. The summed E-state index contributed by atoms with van der Waals surface area (Å²) in [6, 6.07) is 3.90. The summed E-state index contributed by atoms with van der Waals surface area (Å²) < 4.78 is 0.972. The maximum Gasteiger partial charge on any atom is 0.264 e. The summed E-state index contributed by atoms with van der Waals surface area (Å²) in [5.41, 5.74) is 0.223. The molecule has 0 aromatic carbocycles. The van der Waals surface area contributed by atoms with Gasteiger partial charge in [-0.3, -0.25) is 4.79 Å². The maximum absolute atomic E-state index is 12.0. The minimum Gasteiger partial charge on any atom is -0.338 e. The Morgan fingerprint density at radius 3 is 2.76 bits per heavy atom. The second-order valence-electron chi connectivity index (χ2n) is 3.84. The highest BCUT2D eigenvalue weighted by Crippen LogP contribution is 2.23.